The first-order valence-electron chi connectivity index (χ1n) is 5.34. The Bertz CT molecular complexity index is 649. The van der Waals surface area contributed by atoms with E-state index in [2.05, 4.69) is 15.9 Å². The van der Waals surface area contributed by atoms with Crippen LogP contribution in [0.4, 0.5) is 14.5 Å². The van der Waals surface area contributed by atoms with Gasteiger partial charge in [0, 0.05) is 10.0 Å². The number of halogens is 3. The molecule has 0 radical (unpaired) electrons. The third-order valence-corrected chi connectivity index (χ3v) is 4.44. The molecule has 19 heavy (non-hydrogen) atoms. The summed E-state index contributed by atoms with van der Waals surface area (Å²) in [5.41, 5.74) is 6.03. The molecule has 6 heteroatoms. The standard InChI is InChI=1S/C13H10BrF2NOS/c14-9-1-3-11(16)8(5-9)7-19(18)13-4-2-10(15)6-12(13)17/h1-6H,7,17H2. The van der Waals surface area contributed by atoms with Crippen LogP contribution in [0.1, 0.15) is 5.56 Å². The Labute approximate surface area is 120 Å². The maximum absolute atomic E-state index is 13.6. The van der Waals surface area contributed by atoms with E-state index in [4.69, 9.17) is 5.73 Å². The van der Waals surface area contributed by atoms with E-state index in [0.29, 0.717) is 14.9 Å². The number of nitrogen functional groups attached to an aromatic ring is 1. The van der Waals surface area contributed by atoms with Crippen LogP contribution in [-0.4, -0.2) is 4.21 Å². The lowest BCUT2D eigenvalue weighted by molar-refractivity contribution is 0.614. The van der Waals surface area contributed by atoms with Crippen LogP contribution in [0.2, 0.25) is 0 Å². The topological polar surface area (TPSA) is 43.1 Å². The predicted molar refractivity (Wildman–Crippen MR) is 75.0 cm³/mol. The van der Waals surface area contributed by atoms with Crippen molar-refractivity contribution in [2.45, 2.75) is 10.6 Å². The molecule has 2 aromatic rings. The molecule has 0 aliphatic rings. The molecule has 1 unspecified atom stereocenters. The van der Waals surface area contributed by atoms with Crippen LogP contribution in [-0.2, 0) is 16.6 Å². The average Bonchev–Trinajstić information content (AvgIpc) is 2.33. The third kappa shape index (κ3) is 3.39. The monoisotopic (exact) mass is 345 g/mol. The predicted octanol–water partition coefficient (Wildman–Crippen LogP) is 3.62. The Balaban J connectivity index is 2.28. The van der Waals surface area contributed by atoms with Crippen LogP contribution >= 0.6 is 15.9 Å². The molecule has 0 fully saturated rings. The largest absolute Gasteiger partial charge is 0.398 e. The smallest absolute Gasteiger partial charge is 0.127 e. The van der Waals surface area contributed by atoms with Crippen LogP contribution in [0, 0.1) is 11.6 Å². The Morgan fingerprint density at radius 3 is 2.58 bits per heavy atom. The summed E-state index contributed by atoms with van der Waals surface area (Å²) in [4.78, 5) is 0.306. The van der Waals surface area contributed by atoms with Gasteiger partial charge < -0.3 is 5.73 Å². The van der Waals surface area contributed by atoms with E-state index >= 15 is 0 Å². The van der Waals surface area contributed by atoms with E-state index in [-0.39, 0.29) is 11.4 Å². The summed E-state index contributed by atoms with van der Waals surface area (Å²) >= 11 is 3.23. The van der Waals surface area contributed by atoms with Gasteiger partial charge in [0.2, 0.25) is 0 Å². The normalized spacial score (nSPS) is 12.4. The third-order valence-electron chi connectivity index (χ3n) is 2.51. The van der Waals surface area contributed by atoms with Gasteiger partial charge in [-0.1, -0.05) is 15.9 Å². The molecule has 0 aliphatic carbocycles. The number of nitrogens with two attached hydrogens (primary N) is 1. The summed E-state index contributed by atoms with van der Waals surface area (Å²) in [6.45, 7) is 0. The van der Waals surface area contributed by atoms with Crippen LogP contribution in [0.5, 0.6) is 0 Å². The van der Waals surface area contributed by atoms with Crippen molar-refractivity contribution in [2.24, 2.45) is 0 Å². The lowest BCUT2D eigenvalue weighted by atomic mass is 10.2. The Kier molecular flexibility index (Phi) is 4.31. The fourth-order valence-corrected chi connectivity index (χ4v) is 3.21. The van der Waals surface area contributed by atoms with E-state index in [1.54, 1.807) is 12.1 Å². The minimum Gasteiger partial charge on any atom is -0.398 e. The van der Waals surface area contributed by atoms with Gasteiger partial charge in [0.25, 0.3) is 0 Å². The van der Waals surface area contributed by atoms with Gasteiger partial charge in [-0.25, -0.2) is 8.78 Å². The van der Waals surface area contributed by atoms with Crippen LogP contribution in [0.3, 0.4) is 0 Å². The maximum Gasteiger partial charge on any atom is 0.127 e. The lowest BCUT2D eigenvalue weighted by Crippen LogP contribution is -2.03. The summed E-state index contributed by atoms with van der Waals surface area (Å²) in [6, 6.07) is 8.06. The van der Waals surface area contributed by atoms with Crippen molar-refractivity contribution in [1.82, 2.24) is 0 Å². The molecule has 0 aliphatic heterocycles. The van der Waals surface area contributed by atoms with Gasteiger partial charge >= 0.3 is 0 Å². The number of hydrogen-bond acceptors (Lipinski definition) is 2. The number of anilines is 1. The molecule has 100 valence electrons. The highest BCUT2D eigenvalue weighted by Crippen LogP contribution is 2.23. The number of rotatable bonds is 3. The van der Waals surface area contributed by atoms with Crippen LogP contribution < -0.4 is 5.73 Å². The summed E-state index contributed by atoms with van der Waals surface area (Å²) < 4.78 is 39.3. The first kappa shape index (κ1) is 14.1. The SMILES string of the molecule is Nc1cc(F)ccc1S(=O)Cc1cc(Br)ccc1F. The summed E-state index contributed by atoms with van der Waals surface area (Å²) in [5, 5.41) is 0. The average molecular weight is 346 g/mol. The highest BCUT2D eigenvalue weighted by atomic mass is 79.9. The first-order chi connectivity index (χ1) is 8.97. The zero-order valence-corrected chi connectivity index (χ0v) is 12.1. The molecule has 0 spiro atoms. The molecule has 2 aromatic carbocycles. The van der Waals surface area contributed by atoms with Crippen molar-refractivity contribution in [3.63, 3.8) is 0 Å². The number of hydrogen-bond donors (Lipinski definition) is 1. The van der Waals surface area contributed by atoms with Gasteiger partial charge in [-0.2, -0.15) is 0 Å². The van der Waals surface area contributed by atoms with E-state index in [1.807, 2.05) is 0 Å². The van der Waals surface area contributed by atoms with Gasteiger partial charge in [-0.3, -0.25) is 4.21 Å². The van der Waals surface area contributed by atoms with Gasteiger partial charge in [0.1, 0.15) is 11.6 Å². The molecule has 2 N–H and O–H groups in total. The minimum atomic E-state index is -1.53. The zero-order chi connectivity index (χ0) is 14.0. The van der Waals surface area contributed by atoms with Crippen molar-refractivity contribution >= 4 is 32.4 Å². The lowest BCUT2D eigenvalue weighted by Gasteiger charge is -2.07. The molecule has 0 saturated heterocycles. The summed E-state index contributed by atoms with van der Waals surface area (Å²) in [7, 11) is -1.53. The second-order valence-electron chi connectivity index (χ2n) is 3.91. The van der Waals surface area contributed by atoms with Crippen molar-refractivity contribution in [1.29, 1.82) is 0 Å². The number of benzene rings is 2. The Morgan fingerprint density at radius 1 is 1.16 bits per heavy atom. The molecular formula is C13H10BrF2NOS. The Morgan fingerprint density at radius 2 is 1.89 bits per heavy atom. The summed E-state index contributed by atoms with van der Waals surface area (Å²) in [6.07, 6.45) is 0. The second kappa shape index (κ2) is 5.79. The highest BCUT2D eigenvalue weighted by Gasteiger charge is 2.12. The van der Waals surface area contributed by atoms with E-state index in [9.17, 15) is 13.0 Å². The first-order valence-corrected chi connectivity index (χ1v) is 7.46. The fraction of sp³-hybridized carbons (Fsp3) is 0.0769. The molecule has 0 aromatic heterocycles. The molecule has 0 saturated carbocycles. The molecule has 0 heterocycles. The zero-order valence-electron chi connectivity index (χ0n) is 9.70. The minimum absolute atomic E-state index is 0.0128. The van der Waals surface area contributed by atoms with Crippen molar-refractivity contribution < 1.29 is 13.0 Å². The van der Waals surface area contributed by atoms with E-state index in [0.717, 1.165) is 6.07 Å². The van der Waals surface area contributed by atoms with Gasteiger partial charge in [-0.15, -0.1) is 0 Å². The van der Waals surface area contributed by atoms with Crippen molar-refractivity contribution in [3.8, 4) is 0 Å². The molecular weight excluding hydrogens is 336 g/mol. The summed E-state index contributed by atoms with van der Waals surface area (Å²) in [5.74, 6) is -0.940. The maximum atomic E-state index is 13.6. The van der Waals surface area contributed by atoms with Crippen LogP contribution in [0.15, 0.2) is 45.8 Å². The van der Waals surface area contributed by atoms with Gasteiger partial charge in [0.05, 0.1) is 27.1 Å². The van der Waals surface area contributed by atoms with Gasteiger partial charge in [-0.05, 0) is 36.4 Å². The molecule has 0 bridgehead atoms. The van der Waals surface area contributed by atoms with Crippen molar-refractivity contribution in [3.05, 3.63) is 58.1 Å². The molecule has 0 amide bonds. The van der Waals surface area contributed by atoms with Crippen molar-refractivity contribution in [2.75, 3.05) is 5.73 Å². The molecule has 1 atom stereocenters. The van der Waals surface area contributed by atoms with Gasteiger partial charge in [0.15, 0.2) is 0 Å². The second-order valence-corrected chi connectivity index (χ2v) is 6.24. The quantitative estimate of drug-likeness (QED) is 0.863. The van der Waals surface area contributed by atoms with Crippen LogP contribution in [0.25, 0.3) is 0 Å². The van der Waals surface area contributed by atoms with E-state index < -0.39 is 22.4 Å². The van der Waals surface area contributed by atoms with E-state index in [1.165, 1.54) is 18.2 Å². The Hall–Kier alpha value is -1.27. The highest BCUT2D eigenvalue weighted by molar-refractivity contribution is 9.10. The fourth-order valence-electron chi connectivity index (χ4n) is 1.60. The molecule has 2 nitrogen and oxygen atoms in total. The molecule has 2 rings (SSSR count).